The van der Waals surface area contributed by atoms with E-state index in [4.69, 9.17) is 16.6 Å². The minimum absolute atomic E-state index is 0.242. The zero-order chi connectivity index (χ0) is 23.4. The number of anilines is 2. The molecule has 0 atom stereocenters. The van der Waals surface area contributed by atoms with Crippen LogP contribution in [0.5, 0.6) is 0 Å². The number of aromatic nitrogens is 1. The number of hydrogen-bond acceptors (Lipinski definition) is 3. The average molecular weight is 476 g/mol. The highest BCUT2D eigenvalue weighted by atomic mass is 35.5. The van der Waals surface area contributed by atoms with Crippen molar-refractivity contribution in [1.82, 2.24) is 4.98 Å². The van der Waals surface area contributed by atoms with Crippen molar-refractivity contribution in [3.63, 3.8) is 0 Å². The lowest BCUT2D eigenvalue weighted by Gasteiger charge is -2.15. The van der Waals surface area contributed by atoms with E-state index in [0.717, 1.165) is 62.0 Å². The number of aryl methyl sites for hydroxylation is 3. The van der Waals surface area contributed by atoms with Gasteiger partial charge in [-0.25, -0.2) is 9.78 Å². The predicted molar refractivity (Wildman–Crippen MR) is 141 cm³/mol. The Morgan fingerprint density at radius 2 is 1.48 bits per heavy atom. The molecule has 0 spiro atoms. The summed E-state index contributed by atoms with van der Waals surface area (Å²) in [4.78, 5) is 18.5. The molecule has 0 aliphatic carbocycles. The van der Waals surface area contributed by atoms with E-state index in [9.17, 15) is 4.79 Å². The number of para-hydroxylation sites is 1. The van der Waals surface area contributed by atoms with Crippen molar-refractivity contribution in [3.05, 3.63) is 87.9 Å². The van der Waals surface area contributed by atoms with Crippen LogP contribution in [0.15, 0.2) is 66.7 Å². The summed E-state index contributed by atoms with van der Waals surface area (Å²) in [6.07, 6.45) is 1.73. The van der Waals surface area contributed by atoms with E-state index in [2.05, 4.69) is 36.6 Å². The highest BCUT2D eigenvalue weighted by Crippen LogP contribution is 2.37. The molecule has 168 valence electrons. The summed E-state index contributed by atoms with van der Waals surface area (Å²) in [7, 11) is 0. The van der Waals surface area contributed by atoms with Crippen LogP contribution in [0.2, 0.25) is 5.02 Å². The summed E-state index contributed by atoms with van der Waals surface area (Å²) in [6.45, 7) is 6.19. The minimum atomic E-state index is -0.242. The van der Waals surface area contributed by atoms with Gasteiger partial charge in [0.2, 0.25) is 0 Å². The monoisotopic (exact) mass is 475 g/mol. The van der Waals surface area contributed by atoms with Crippen LogP contribution in [-0.4, -0.2) is 11.0 Å². The molecule has 0 bridgehead atoms. The molecule has 6 heteroatoms. The fourth-order valence-electron chi connectivity index (χ4n) is 3.81. The average Bonchev–Trinajstić information content (AvgIpc) is 3.21. The molecular formula is C27H26ClN3OS. The molecule has 1 heterocycles. The molecule has 2 amide bonds. The van der Waals surface area contributed by atoms with E-state index in [0.29, 0.717) is 5.02 Å². The van der Waals surface area contributed by atoms with E-state index < -0.39 is 0 Å². The number of benzene rings is 3. The molecule has 33 heavy (non-hydrogen) atoms. The van der Waals surface area contributed by atoms with Gasteiger partial charge in [-0.3, -0.25) is 0 Å². The van der Waals surface area contributed by atoms with Crippen LogP contribution < -0.4 is 10.6 Å². The SMILES string of the molecule is CCc1cccc(CC)c1NC(=O)Nc1ccc(-c2sc(C)nc2-c2ccc(Cl)cc2)cc1. The molecular weight excluding hydrogens is 450 g/mol. The van der Waals surface area contributed by atoms with Gasteiger partial charge < -0.3 is 10.6 Å². The molecule has 1 aromatic heterocycles. The van der Waals surface area contributed by atoms with Crippen LogP contribution >= 0.6 is 22.9 Å². The molecule has 4 rings (SSSR count). The number of nitrogens with zero attached hydrogens (tertiary/aromatic N) is 1. The topological polar surface area (TPSA) is 54.0 Å². The first-order valence-corrected chi connectivity index (χ1v) is 12.2. The van der Waals surface area contributed by atoms with Gasteiger partial charge in [0, 0.05) is 22.0 Å². The number of nitrogens with one attached hydrogen (secondary N) is 2. The van der Waals surface area contributed by atoms with E-state index in [1.54, 1.807) is 11.3 Å². The van der Waals surface area contributed by atoms with Crippen molar-refractivity contribution in [2.24, 2.45) is 0 Å². The van der Waals surface area contributed by atoms with Crippen molar-refractivity contribution in [2.75, 3.05) is 10.6 Å². The summed E-state index contributed by atoms with van der Waals surface area (Å²) >= 11 is 7.70. The van der Waals surface area contributed by atoms with Crippen LogP contribution in [0.1, 0.15) is 30.0 Å². The Morgan fingerprint density at radius 1 is 0.879 bits per heavy atom. The maximum absolute atomic E-state index is 12.7. The number of thiazole rings is 1. The zero-order valence-corrected chi connectivity index (χ0v) is 20.5. The summed E-state index contributed by atoms with van der Waals surface area (Å²) < 4.78 is 0. The minimum Gasteiger partial charge on any atom is -0.308 e. The fraction of sp³-hybridized carbons (Fsp3) is 0.185. The lowest BCUT2D eigenvalue weighted by Crippen LogP contribution is -2.21. The van der Waals surface area contributed by atoms with Crippen molar-refractivity contribution in [1.29, 1.82) is 0 Å². The Hall–Kier alpha value is -3.15. The molecule has 3 aromatic carbocycles. The van der Waals surface area contributed by atoms with Crippen molar-refractivity contribution >= 4 is 40.3 Å². The predicted octanol–water partition coefficient (Wildman–Crippen LogP) is 8.21. The molecule has 0 aliphatic heterocycles. The van der Waals surface area contributed by atoms with E-state index in [1.165, 1.54) is 0 Å². The lowest BCUT2D eigenvalue weighted by molar-refractivity contribution is 0.262. The van der Waals surface area contributed by atoms with E-state index in [1.807, 2.05) is 61.5 Å². The summed E-state index contributed by atoms with van der Waals surface area (Å²) in [6, 6.07) is 21.5. The number of amides is 2. The smallest absolute Gasteiger partial charge is 0.308 e. The van der Waals surface area contributed by atoms with Gasteiger partial charge in [-0.1, -0.05) is 67.9 Å². The maximum Gasteiger partial charge on any atom is 0.323 e. The second-order valence-electron chi connectivity index (χ2n) is 7.73. The van der Waals surface area contributed by atoms with Crippen molar-refractivity contribution in [2.45, 2.75) is 33.6 Å². The standard InChI is InChI=1S/C27H26ClN3OS/c1-4-18-7-6-8-19(5-2)24(18)31-27(32)30-23-15-11-21(12-16-23)26-25(29-17(3)33-26)20-9-13-22(28)14-10-20/h6-16H,4-5H2,1-3H3,(H2,30,31,32). The van der Waals surface area contributed by atoms with Gasteiger partial charge in [0.25, 0.3) is 0 Å². The van der Waals surface area contributed by atoms with Crippen molar-refractivity contribution in [3.8, 4) is 21.7 Å². The maximum atomic E-state index is 12.7. The van der Waals surface area contributed by atoms with Gasteiger partial charge in [-0.15, -0.1) is 11.3 Å². The van der Waals surface area contributed by atoms with Gasteiger partial charge in [0.15, 0.2) is 0 Å². The van der Waals surface area contributed by atoms with Crippen LogP contribution in [0.3, 0.4) is 0 Å². The van der Waals surface area contributed by atoms with Gasteiger partial charge in [0.05, 0.1) is 15.6 Å². The number of urea groups is 1. The quantitative estimate of drug-likeness (QED) is 0.295. The lowest BCUT2D eigenvalue weighted by atomic mass is 10.0. The molecule has 0 radical (unpaired) electrons. The number of rotatable bonds is 6. The third-order valence-corrected chi connectivity index (χ3v) is 6.77. The largest absolute Gasteiger partial charge is 0.323 e. The molecule has 0 saturated carbocycles. The first-order valence-electron chi connectivity index (χ1n) is 11.0. The number of carbonyl (C=O) groups is 1. The highest BCUT2D eigenvalue weighted by molar-refractivity contribution is 7.15. The first-order chi connectivity index (χ1) is 16.0. The molecule has 0 saturated heterocycles. The Bertz CT molecular complexity index is 1240. The Kier molecular flexibility index (Phi) is 7.11. The second-order valence-corrected chi connectivity index (χ2v) is 9.37. The molecule has 4 aromatic rings. The number of halogens is 1. The van der Waals surface area contributed by atoms with Crippen LogP contribution in [0.4, 0.5) is 16.2 Å². The van der Waals surface area contributed by atoms with Gasteiger partial charge >= 0.3 is 6.03 Å². The van der Waals surface area contributed by atoms with Crippen LogP contribution in [0.25, 0.3) is 21.7 Å². The third kappa shape index (κ3) is 5.27. The number of carbonyl (C=O) groups excluding carboxylic acids is 1. The van der Waals surface area contributed by atoms with Crippen LogP contribution in [-0.2, 0) is 12.8 Å². The van der Waals surface area contributed by atoms with Gasteiger partial charge in [0.1, 0.15) is 0 Å². The number of hydrogen-bond donors (Lipinski definition) is 2. The second kappa shape index (κ2) is 10.2. The highest BCUT2D eigenvalue weighted by Gasteiger charge is 2.14. The van der Waals surface area contributed by atoms with E-state index >= 15 is 0 Å². The van der Waals surface area contributed by atoms with Crippen LogP contribution in [0, 0.1) is 6.92 Å². The summed E-state index contributed by atoms with van der Waals surface area (Å²) in [5.41, 5.74) is 6.94. The first kappa shape index (κ1) is 23.0. The fourth-order valence-corrected chi connectivity index (χ4v) is 4.88. The normalized spacial score (nSPS) is 10.8. The van der Waals surface area contributed by atoms with Gasteiger partial charge in [-0.05, 0) is 60.7 Å². The summed E-state index contributed by atoms with van der Waals surface area (Å²) in [5, 5.41) is 7.70. The van der Waals surface area contributed by atoms with Crippen molar-refractivity contribution < 1.29 is 4.79 Å². The molecule has 4 nitrogen and oxygen atoms in total. The Morgan fingerprint density at radius 3 is 2.09 bits per heavy atom. The Labute approximate surface area is 203 Å². The van der Waals surface area contributed by atoms with Gasteiger partial charge in [-0.2, -0.15) is 0 Å². The summed E-state index contributed by atoms with van der Waals surface area (Å²) in [5.74, 6) is 0. The molecule has 0 fully saturated rings. The zero-order valence-electron chi connectivity index (χ0n) is 18.9. The molecule has 0 aliphatic rings. The molecule has 2 N–H and O–H groups in total. The molecule has 0 unspecified atom stereocenters. The van der Waals surface area contributed by atoms with E-state index in [-0.39, 0.29) is 6.03 Å². The Balaban J connectivity index is 1.52. The third-order valence-electron chi connectivity index (χ3n) is 5.49.